The molecule has 4 nitrogen and oxygen atoms in total. The fourth-order valence-corrected chi connectivity index (χ4v) is 1.66. The Balaban J connectivity index is 4.15. The third-order valence-electron chi connectivity index (χ3n) is 2.71. The van der Waals surface area contributed by atoms with Crippen LogP contribution in [-0.4, -0.2) is 62.0 Å². The van der Waals surface area contributed by atoms with Crippen LogP contribution in [0.5, 0.6) is 0 Å². The summed E-state index contributed by atoms with van der Waals surface area (Å²) in [6, 6.07) is 0.361. The third kappa shape index (κ3) is 5.47. The number of nitrogens with zero attached hydrogens (tertiary/aromatic N) is 1. The maximum absolute atomic E-state index is 9.36. The zero-order chi connectivity index (χ0) is 11.9. The van der Waals surface area contributed by atoms with Gasteiger partial charge in [-0.15, -0.1) is 0 Å². The standard InChI is InChI=1S/C11H26N2O2/c1-6-12-11(3,9-14)8-13(4)10(2)7-15-5/h10,12,14H,6-9H2,1-5H3. The van der Waals surface area contributed by atoms with Crippen LogP contribution in [0.15, 0.2) is 0 Å². The average Bonchev–Trinajstić information content (AvgIpc) is 2.18. The first-order valence-electron chi connectivity index (χ1n) is 5.54. The molecule has 0 aliphatic heterocycles. The van der Waals surface area contributed by atoms with Gasteiger partial charge in [0.2, 0.25) is 0 Å². The van der Waals surface area contributed by atoms with E-state index in [0.717, 1.165) is 13.1 Å². The van der Waals surface area contributed by atoms with Gasteiger partial charge in [0.25, 0.3) is 0 Å². The normalized spacial score (nSPS) is 17.8. The molecule has 0 aromatic carbocycles. The van der Waals surface area contributed by atoms with Crippen LogP contribution in [0.3, 0.4) is 0 Å². The van der Waals surface area contributed by atoms with Crippen molar-refractivity contribution in [3.8, 4) is 0 Å². The molecule has 0 aliphatic rings. The lowest BCUT2D eigenvalue weighted by molar-refractivity contribution is 0.0768. The van der Waals surface area contributed by atoms with Gasteiger partial charge in [-0.3, -0.25) is 4.90 Å². The molecule has 2 atom stereocenters. The first kappa shape index (κ1) is 14.8. The first-order chi connectivity index (χ1) is 6.99. The molecule has 0 rings (SSSR count). The first-order valence-corrected chi connectivity index (χ1v) is 5.54. The van der Waals surface area contributed by atoms with E-state index in [1.165, 1.54) is 0 Å². The highest BCUT2D eigenvalue weighted by Crippen LogP contribution is 2.07. The van der Waals surface area contributed by atoms with Crippen LogP contribution in [-0.2, 0) is 4.74 Å². The van der Waals surface area contributed by atoms with Gasteiger partial charge in [0, 0.05) is 19.7 Å². The van der Waals surface area contributed by atoms with Crippen molar-refractivity contribution in [3.63, 3.8) is 0 Å². The van der Waals surface area contributed by atoms with Crippen LogP contribution in [0.25, 0.3) is 0 Å². The van der Waals surface area contributed by atoms with E-state index in [2.05, 4.69) is 24.2 Å². The summed E-state index contributed by atoms with van der Waals surface area (Å²) in [6.07, 6.45) is 0. The highest BCUT2D eigenvalue weighted by Gasteiger charge is 2.25. The van der Waals surface area contributed by atoms with E-state index in [4.69, 9.17) is 4.74 Å². The Morgan fingerprint density at radius 3 is 2.53 bits per heavy atom. The van der Waals surface area contributed by atoms with Gasteiger partial charge in [-0.2, -0.15) is 0 Å². The monoisotopic (exact) mass is 218 g/mol. The second-order valence-electron chi connectivity index (χ2n) is 4.47. The summed E-state index contributed by atoms with van der Waals surface area (Å²) in [5, 5.41) is 12.7. The zero-order valence-corrected chi connectivity index (χ0v) is 10.7. The summed E-state index contributed by atoms with van der Waals surface area (Å²) >= 11 is 0. The summed E-state index contributed by atoms with van der Waals surface area (Å²) in [6.45, 7) is 8.73. The Hall–Kier alpha value is -0.160. The van der Waals surface area contributed by atoms with Crippen LogP contribution in [0, 0.1) is 0 Å². The smallest absolute Gasteiger partial charge is 0.0623 e. The van der Waals surface area contributed by atoms with Crippen molar-refractivity contribution < 1.29 is 9.84 Å². The number of aliphatic hydroxyl groups is 1. The molecule has 0 heterocycles. The minimum Gasteiger partial charge on any atom is -0.394 e. The molecule has 4 heteroatoms. The molecule has 0 amide bonds. The van der Waals surface area contributed by atoms with E-state index in [-0.39, 0.29) is 12.1 Å². The van der Waals surface area contributed by atoms with Crippen molar-refractivity contribution in [2.45, 2.75) is 32.4 Å². The number of rotatable bonds is 8. The Morgan fingerprint density at radius 1 is 1.53 bits per heavy atom. The summed E-state index contributed by atoms with van der Waals surface area (Å²) in [4.78, 5) is 2.20. The number of hydrogen-bond donors (Lipinski definition) is 2. The molecular weight excluding hydrogens is 192 g/mol. The lowest BCUT2D eigenvalue weighted by atomic mass is 10.0. The van der Waals surface area contributed by atoms with Gasteiger partial charge in [0.15, 0.2) is 0 Å². The molecule has 92 valence electrons. The highest BCUT2D eigenvalue weighted by molar-refractivity contribution is 4.86. The van der Waals surface area contributed by atoms with E-state index in [1.54, 1.807) is 7.11 Å². The number of ether oxygens (including phenoxy) is 1. The second kappa shape index (κ2) is 7.17. The predicted octanol–water partition coefficient (Wildman–Crippen LogP) is 0.314. The largest absolute Gasteiger partial charge is 0.394 e. The Labute approximate surface area is 93.6 Å². The minimum atomic E-state index is -0.231. The summed E-state index contributed by atoms with van der Waals surface area (Å²) in [7, 11) is 3.76. The number of methoxy groups -OCH3 is 1. The summed E-state index contributed by atoms with van der Waals surface area (Å²) < 4.78 is 5.11. The number of hydrogen-bond acceptors (Lipinski definition) is 4. The molecule has 0 radical (unpaired) electrons. The fourth-order valence-electron chi connectivity index (χ4n) is 1.66. The Morgan fingerprint density at radius 2 is 2.13 bits per heavy atom. The van der Waals surface area contributed by atoms with Gasteiger partial charge in [-0.25, -0.2) is 0 Å². The molecule has 0 fully saturated rings. The average molecular weight is 218 g/mol. The van der Waals surface area contributed by atoms with E-state index in [9.17, 15) is 5.11 Å². The van der Waals surface area contributed by atoms with Crippen molar-refractivity contribution in [3.05, 3.63) is 0 Å². The molecule has 0 spiro atoms. The van der Waals surface area contributed by atoms with Crippen molar-refractivity contribution in [2.75, 3.05) is 40.5 Å². The molecule has 0 aromatic heterocycles. The number of aliphatic hydroxyl groups excluding tert-OH is 1. The SMILES string of the molecule is CCNC(C)(CO)CN(C)C(C)COC. The van der Waals surface area contributed by atoms with Gasteiger partial charge >= 0.3 is 0 Å². The minimum absolute atomic E-state index is 0.144. The van der Waals surface area contributed by atoms with E-state index >= 15 is 0 Å². The fraction of sp³-hybridized carbons (Fsp3) is 1.00. The van der Waals surface area contributed by atoms with Gasteiger partial charge in [0.05, 0.1) is 18.8 Å². The Kier molecular flexibility index (Phi) is 7.09. The van der Waals surface area contributed by atoms with Crippen LogP contribution in [0.4, 0.5) is 0 Å². The molecule has 0 saturated heterocycles. The molecule has 2 N–H and O–H groups in total. The maximum atomic E-state index is 9.36. The second-order valence-corrected chi connectivity index (χ2v) is 4.47. The topological polar surface area (TPSA) is 44.7 Å². The van der Waals surface area contributed by atoms with Crippen molar-refractivity contribution in [1.29, 1.82) is 0 Å². The number of likely N-dealkylation sites (N-methyl/N-ethyl adjacent to an activating group) is 2. The summed E-state index contributed by atoms with van der Waals surface area (Å²) in [5.74, 6) is 0. The van der Waals surface area contributed by atoms with Gasteiger partial charge in [-0.05, 0) is 27.4 Å². The zero-order valence-electron chi connectivity index (χ0n) is 10.7. The predicted molar refractivity (Wildman–Crippen MR) is 63.1 cm³/mol. The molecule has 0 saturated carbocycles. The highest BCUT2D eigenvalue weighted by atomic mass is 16.5. The molecule has 0 aromatic rings. The van der Waals surface area contributed by atoms with E-state index in [0.29, 0.717) is 12.6 Å². The lowest BCUT2D eigenvalue weighted by Crippen LogP contribution is -2.55. The van der Waals surface area contributed by atoms with Crippen LogP contribution >= 0.6 is 0 Å². The quantitative estimate of drug-likeness (QED) is 0.615. The van der Waals surface area contributed by atoms with Gasteiger partial charge in [-0.1, -0.05) is 6.92 Å². The van der Waals surface area contributed by atoms with E-state index < -0.39 is 0 Å². The number of nitrogens with one attached hydrogen (secondary N) is 1. The van der Waals surface area contributed by atoms with Gasteiger partial charge in [0.1, 0.15) is 0 Å². The van der Waals surface area contributed by atoms with Crippen molar-refractivity contribution in [2.24, 2.45) is 0 Å². The van der Waals surface area contributed by atoms with Crippen molar-refractivity contribution >= 4 is 0 Å². The van der Waals surface area contributed by atoms with Crippen LogP contribution in [0.1, 0.15) is 20.8 Å². The maximum Gasteiger partial charge on any atom is 0.0623 e. The molecule has 0 aliphatic carbocycles. The molecule has 0 bridgehead atoms. The Bertz CT molecular complexity index is 167. The van der Waals surface area contributed by atoms with E-state index in [1.807, 2.05) is 13.8 Å². The van der Waals surface area contributed by atoms with Crippen LogP contribution in [0.2, 0.25) is 0 Å². The molecule has 15 heavy (non-hydrogen) atoms. The molecular formula is C11H26N2O2. The van der Waals surface area contributed by atoms with Crippen LogP contribution < -0.4 is 5.32 Å². The third-order valence-corrected chi connectivity index (χ3v) is 2.71. The van der Waals surface area contributed by atoms with Crippen molar-refractivity contribution in [1.82, 2.24) is 10.2 Å². The molecule has 2 unspecified atom stereocenters. The summed E-state index contributed by atoms with van der Waals surface area (Å²) in [5.41, 5.74) is -0.231. The van der Waals surface area contributed by atoms with Gasteiger partial charge < -0.3 is 15.2 Å². The lowest BCUT2D eigenvalue weighted by Gasteiger charge is -2.35.